The summed E-state index contributed by atoms with van der Waals surface area (Å²) in [6, 6.07) is 0.789. The second-order valence-corrected chi connectivity index (χ2v) is 5.65. The van der Waals surface area contributed by atoms with Crippen molar-refractivity contribution in [2.75, 3.05) is 26.7 Å². The highest BCUT2D eigenvalue weighted by atomic mass is 15.1. The summed E-state index contributed by atoms with van der Waals surface area (Å²) in [5.74, 6) is 0.914. The molecule has 94 valence electrons. The third kappa shape index (κ3) is 3.46. The van der Waals surface area contributed by atoms with Gasteiger partial charge in [-0.2, -0.15) is 0 Å². The monoisotopic (exact) mass is 224 g/mol. The van der Waals surface area contributed by atoms with Gasteiger partial charge in [0.05, 0.1) is 0 Å². The summed E-state index contributed by atoms with van der Waals surface area (Å²) in [7, 11) is 2.14. The minimum absolute atomic E-state index is 0.789. The standard InChI is InChI=1S/C14H28N2/c1-15-14-9-5-4-8-13(14)12-16-10-6-2-3-7-11-16/h13-15H,2-12H2,1H3. The second kappa shape index (κ2) is 6.61. The fourth-order valence-corrected chi connectivity index (χ4v) is 3.46. The molecule has 2 rings (SSSR count). The molecule has 2 atom stereocenters. The van der Waals surface area contributed by atoms with Gasteiger partial charge < -0.3 is 10.2 Å². The SMILES string of the molecule is CNC1CCCCC1CN1CCCCCC1. The highest BCUT2D eigenvalue weighted by molar-refractivity contribution is 4.82. The Labute approximate surface area is 101 Å². The highest BCUT2D eigenvalue weighted by Crippen LogP contribution is 2.25. The zero-order valence-electron chi connectivity index (χ0n) is 10.9. The van der Waals surface area contributed by atoms with Crippen molar-refractivity contribution < 1.29 is 0 Å². The van der Waals surface area contributed by atoms with Crippen molar-refractivity contribution >= 4 is 0 Å². The van der Waals surface area contributed by atoms with Crippen LogP contribution in [0.2, 0.25) is 0 Å². The van der Waals surface area contributed by atoms with Gasteiger partial charge in [-0.25, -0.2) is 0 Å². The molecule has 0 spiro atoms. The molecule has 0 aromatic heterocycles. The van der Waals surface area contributed by atoms with Gasteiger partial charge in [0.1, 0.15) is 0 Å². The van der Waals surface area contributed by atoms with Crippen LogP contribution in [0.15, 0.2) is 0 Å². The fraction of sp³-hybridized carbons (Fsp3) is 1.00. The van der Waals surface area contributed by atoms with Crippen LogP contribution in [-0.4, -0.2) is 37.6 Å². The maximum Gasteiger partial charge on any atom is 0.0104 e. The molecule has 0 aromatic rings. The number of likely N-dealkylation sites (tertiary alicyclic amines) is 1. The first-order chi connectivity index (χ1) is 7.90. The Balaban J connectivity index is 1.81. The van der Waals surface area contributed by atoms with Gasteiger partial charge >= 0.3 is 0 Å². The predicted molar refractivity (Wildman–Crippen MR) is 69.7 cm³/mol. The van der Waals surface area contributed by atoms with E-state index in [1.54, 1.807) is 0 Å². The Morgan fingerprint density at radius 2 is 1.62 bits per heavy atom. The Morgan fingerprint density at radius 1 is 0.938 bits per heavy atom. The molecule has 16 heavy (non-hydrogen) atoms. The Kier molecular flexibility index (Phi) is 5.11. The van der Waals surface area contributed by atoms with Gasteiger partial charge in [-0.15, -0.1) is 0 Å². The van der Waals surface area contributed by atoms with Crippen LogP contribution in [0, 0.1) is 5.92 Å². The second-order valence-electron chi connectivity index (χ2n) is 5.65. The largest absolute Gasteiger partial charge is 0.317 e. The van der Waals surface area contributed by atoms with Crippen molar-refractivity contribution in [1.82, 2.24) is 10.2 Å². The summed E-state index contributed by atoms with van der Waals surface area (Å²) in [5, 5.41) is 3.53. The van der Waals surface area contributed by atoms with Crippen LogP contribution < -0.4 is 5.32 Å². The molecule has 1 aliphatic heterocycles. The van der Waals surface area contributed by atoms with E-state index in [4.69, 9.17) is 0 Å². The zero-order valence-corrected chi connectivity index (χ0v) is 10.9. The maximum absolute atomic E-state index is 3.53. The van der Waals surface area contributed by atoms with Crippen molar-refractivity contribution in [3.8, 4) is 0 Å². The third-order valence-corrected chi connectivity index (χ3v) is 4.47. The van der Waals surface area contributed by atoms with E-state index in [0.29, 0.717) is 0 Å². The van der Waals surface area contributed by atoms with Crippen molar-refractivity contribution in [1.29, 1.82) is 0 Å². The average molecular weight is 224 g/mol. The molecule has 1 N–H and O–H groups in total. The van der Waals surface area contributed by atoms with Gasteiger partial charge in [0.25, 0.3) is 0 Å². The van der Waals surface area contributed by atoms with Gasteiger partial charge in [0.2, 0.25) is 0 Å². The molecule has 2 unspecified atom stereocenters. The molecule has 1 saturated heterocycles. The number of hydrogen-bond donors (Lipinski definition) is 1. The average Bonchev–Trinajstić information content (AvgIpc) is 2.58. The maximum atomic E-state index is 3.53. The summed E-state index contributed by atoms with van der Waals surface area (Å²) >= 11 is 0. The summed E-state index contributed by atoms with van der Waals surface area (Å²) < 4.78 is 0. The Hall–Kier alpha value is -0.0800. The van der Waals surface area contributed by atoms with Crippen molar-refractivity contribution in [2.24, 2.45) is 5.92 Å². The first kappa shape index (κ1) is 12.4. The van der Waals surface area contributed by atoms with Crippen molar-refractivity contribution in [3.05, 3.63) is 0 Å². The minimum atomic E-state index is 0.789. The van der Waals surface area contributed by atoms with Gasteiger partial charge in [-0.05, 0) is 51.7 Å². The Bertz CT molecular complexity index is 185. The summed E-state index contributed by atoms with van der Waals surface area (Å²) in [5.41, 5.74) is 0. The quantitative estimate of drug-likeness (QED) is 0.793. The van der Waals surface area contributed by atoms with Crippen LogP contribution in [0.25, 0.3) is 0 Å². The molecule has 1 aliphatic carbocycles. The molecule has 2 nitrogen and oxygen atoms in total. The zero-order chi connectivity index (χ0) is 11.2. The molecule has 1 saturated carbocycles. The lowest BCUT2D eigenvalue weighted by Gasteiger charge is -2.35. The van der Waals surface area contributed by atoms with Crippen LogP contribution in [0.4, 0.5) is 0 Å². The van der Waals surface area contributed by atoms with Gasteiger partial charge in [-0.1, -0.05) is 25.7 Å². The molecule has 0 radical (unpaired) electrons. The smallest absolute Gasteiger partial charge is 0.0104 e. The van der Waals surface area contributed by atoms with Gasteiger partial charge in [0.15, 0.2) is 0 Å². The molecular formula is C14H28N2. The summed E-state index contributed by atoms with van der Waals surface area (Å²) in [6.07, 6.45) is 11.5. The van der Waals surface area contributed by atoms with Gasteiger partial charge in [-0.3, -0.25) is 0 Å². The van der Waals surface area contributed by atoms with E-state index in [0.717, 1.165) is 12.0 Å². The van der Waals surface area contributed by atoms with Crippen molar-refractivity contribution in [3.63, 3.8) is 0 Å². The van der Waals surface area contributed by atoms with Crippen LogP contribution in [0.3, 0.4) is 0 Å². The molecule has 2 heteroatoms. The molecule has 0 aromatic carbocycles. The topological polar surface area (TPSA) is 15.3 Å². The fourth-order valence-electron chi connectivity index (χ4n) is 3.46. The van der Waals surface area contributed by atoms with E-state index in [9.17, 15) is 0 Å². The van der Waals surface area contributed by atoms with Crippen LogP contribution in [0.1, 0.15) is 51.4 Å². The molecule has 0 bridgehead atoms. The lowest BCUT2D eigenvalue weighted by molar-refractivity contribution is 0.175. The van der Waals surface area contributed by atoms with E-state index in [1.165, 1.54) is 71.0 Å². The molecule has 0 amide bonds. The van der Waals surface area contributed by atoms with Crippen LogP contribution in [0.5, 0.6) is 0 Å². The number of rotatable bonds is 3. The van der Waals surface area contributed by atoms with E-state index < -0.39 is 0 Å². The van der Waals surface area contributed by atoms with E-state index >= 15 is 0 Å². The number of nitrogens with one attached hydrogen (secondary N) is 1. The molecule has 2 aliphatic rings. The van der Waals surface area contributed by atoms with Crippen LogP contribution >= 0.6 is 0 Å². The van der Waals surface area contributed by atoms with Gasteiger partial charge in [0, 0.05) is 12.6 Å². The highest BCUT2D eigenvalue weighted by Gasteiger charge is 2.25. The minimum Gasteiger partial charge on any atom is -0.317 e. The number of hydrogen-bond acceptors (Lipinski definition) is 2. The molecular weight excluding hydrogens is 196 g/mol. The Morgan fingerprint density at radius 3 is 2.31 bits per heavy atom. The van der Waals surface area contributed by atoms with E-state index in [2.05, 4.69) is 17.3 Å². The van der Waals surface area contributed by atoms with Crippen molar-refractivity contribution in [2.45, 2.75) is 57.4 Å². The summed E-state index contributed by atoms with van der Waals surface area (Å²) in [6.45, 7) is 4.06. The lowest BCUT2D eigenvalue weighted by atomic mass is 9.84. The number of nitrogens with zero attached hydrogens (tertiary/aromatic N) is 1. The molecule has 2 fully saturated rings. The van der Waals surface area contributed by atoms with Crippen LogP contribution in [-0.2, 0) is 0 Å². The first-order valence-corrected chi connectivity index (χ1v) is 7.30. The third-order valence-electron chi connectivity index (χ3n) is 4.47. The van der Waals surface area contributed by atoms with E-state index in [1.807, 2.05) is 0 Å². The molecule has 1 heterocycles. The predicted octanol–water partition coefficient (Wildman–Crippen LogP) is 2.64. The normalized spacial score (nSPS) is 33.6. The summed E-state index contributed by atoms with van der Waals surface area (Å²) in [4.78, 5) is 2.73. The van der Waals surface area contributed by atoms with E-state index in [-0.39, 0.29) is 0 Å². The first-order valence-electron chi connectivity index (χ1n) is 7.30. The lowest BCUT2D eigenvalue weighted by Crippen LogP contribution is -2.43.